The second kappa shape index (κ2) is 9.16. The lowest BCUT2D eigenvalue weighted by atomic mass is 9.94. The van der Waals surface area contributed by atoms with Crippen molar-refractivity contribution >= 4 is 31.5 Å². The Bertz CT molecular complexity index is 1870. The van der Waals surface area contributed by atoms with Gasteiger partial charge in [0.1, 0.15) is 0 Å². The van der Waals surface area contributed by atoms with Crippen molar-refractivity contribution in [2.75, 3.05) is 0 Å². The molecule has 0 spiro atoms. The maximum Gasteiger partial charge on any atom is 0.0722 e. The summed E-state index contributed by atoms with van der Waals surface area (Å²) in [5, 5.41) is 2.57. The highest BCUT2D eigenvalue weighted by atomic mass is 32.1. The highest BCUT2D eigenvalue weighted by Crippen LogP contribution is 2.42. The van der Waals surface area contributed by atoms with E-state index in [-0.39, 0.29) is 0 Å². The van der Waals surface area contributed by atoms with Crippen molar-refractivity contribution in [1.29, 1.82) is 0 Å². The average molecular weight is 490 g/mol. The molecule has 174 valence electrons. The number of pyridine rings is 1. The summed E-state index contributed by atoms with van der Waals surface area (Å²) in [5.74, 6) is 0. The summed E-state index contributed by atoms with van der Waals surface area (Å²) in [4.78, 5) is 4.77. The minimum atomic E-state index is 1.01. The highest BCUT2D eigenvalue weighted by molar-refractivity contribution is 7.26. The van der Waals surface area contributed by atoms with Crippen LogP contribution in [0.15, 0.2) is 140 Å². The zero-order chi connectivity index (χ0) is 24.6. The van der Waals surface area contributed by atoms with Gasteiger partial charge in [0.15, 0.2) is 0 Å². The summed E-state index contributed by atoms with van der Waals surface area (Å²) in [5.41, 5.74) is 9.56. The molecular formula is C35H23NS. The number of aromatic nitrogens is 1. The predicted molar refractivity (Wildman–Crippen MR) is 159 cm³/mol. The first kappa shape index (κ1) is 21.7. The van der Waals surface area contributed by atoms with Gasteiger partial charge in [-0.05, 0) is 57.6 Å². The first-order valence-electron chi connectivity index (χ1n) is 12.5. The quantitative estimate of drug-likeness (QED) is 0.240. The monoisotopic (exact) mass is 489 g/mol. The van der Waals surface area contributed by atoms with Gasteiger partial charge in [-0.3, -0.25) is 4.98 Å². The standard InChI is InChI=1S/C35H23NS/c1-3-10-24(11-4-1)26-20-21-36-33(23-26)31-17-9-16-30-32-22-27(18-19-34(32)37-35(30)31)29-15-8-7-14-28(29)25-12-5-2-6-13-25/h1-23H. The van der Waals surface area contributed by atoms with Crippen molar-refractivity contribution in [2.45, 2.75) is 0 Å². The first-order valence-corrected chi connectivity index (χ1v) is 13.3. The summed E-state index contributed by atoms with van der Waals surface area (Å²) < 4.78 is 2.58. The van der Waals surface area contributed by atoms with E-state index < -0.39 is 0 Å². The normalized spacial score (nSPS) is 11.2. The van der Waals surface area contributed by atoms with Gasteiger partial charge in [-0.15, -0.1) is 11.3 Å². The number of hydrogen-bond acceptors (Lipinski definition) is 2. The zero-order valence-electron chi connectivity index (χ0n) is 20.1. The number of benzene rings is 5. The lowest BCUT2D eigenvalue weighted by molar-refractivity contribution is 1.33. The molecule has 0 saturated heterocycles. The number of hydrogen-bond donors (Lipinski definition) is 0. The molecule has 0 radical (unpaired) electrons. The van der Waals surface area contributed by atoms with E-state index in [0.29, 0.717) is 0 Å². The van der Waals surface area contributed by atoms with Gasteiger partial charge in [0.05, 0.1) is 5.69 Å². The molecule has 0 unspecified atom stereocenters. The van der Waals surface area contributed by atoms with Crippen LogP contribution >= 0.6 is 11.3 Å². The van der Waals surface area contributed by atoms with Gasteiger partial charge in [-0.1, -0.05) is 109 Å². The minimum Gasteiger partial charge on any atom is -0.256 e. The van der Waals surface area contributed by atoms with E-state index in [0.717, 1.165) is 5.69 Å². The summed E-state index contributed by atoms with van der Waals surface area (Å²) in [7, 11) is 0. The van der Waals surface area contributed by atoms with E-state index in [1.165, 1.54) is 59.1 Å². The third-order valence-corrected chi connectivity index (χ3v) is 8.18. The molecule has 2 heteroatoms. The van der Waals surface area contributed by atoms with E-state index in [4.69, 9.17) is 4.98 Å². The number of rotatable bonds is 4. The molecule has 0 amide bonds. The molecule has 2 aromatic heterocycles. The molecule has 0 bridgehead atoms. The van der Waals surface area contributed by atoms with Crippen molar-refractivity contribution in [3.63, 3.8) is 0 Å². The third-order valence-electron chi connectivity index (χ3n) is 6.96. The molecule has 1 nitrogen and oxygen atoms in total. The Labute approximate surface area is 220 Å². The molecule has 0 aliphatic heterocycles. The molecule has 0 aliphatic carbocycles. The largest absolute Gasteiger partial charge is 0.256 e. The zero-order valence-corrected chi connectivity index (χ0v) is 21.0. The van der Waals surface area contributed by atoms with E-state index in [2.05, 4.69) is 133 Å². The molecule has 0 N–H and O–H groups in total. The highest BCUT2D eigenvalue weighted by Gasteiger charge is 2.14. The Kier molecular flexibility index (Phi) is 5.38. The molecule has 0 aliphatic rings. The predicted octanol–water partition coefficient (Wildman–Crippen LogP) is 10.1. The molecule has 7 rings (SSSR count). The smallest absolute Gasteiger partial charge is 0.0722 e. The van der Waals surface area contributed by atoms with Gasteiger partial charge in [-0.2, -0.15) is 0 Å². The van der Waals surface area contributed by atoms with Crippen molar-refractivity contribution in [3.8, 4) is 44.6 Å². The Morgan fingerprint density at radius 1 is 0.432 bits per heavy atom. The van der Waals surface area contributed by atoms with Crippen LogP contribution in [0.3, 0.4) is 0 Å². The Morgan fingerprint density at radius 3 is 1.89 bits per heavy atom. The van der Waals surface area contributed by atoms with Gasteiger partial charge in [0, 0.05) is 31.9 Å². The maximum atomic E-state index is 4.77. The lowest BCUT2D eigenvalue weighted by Gasteiger charge is -2.10. The number of nitrogens with zero attached hydrogens (tertiary/aromatic N) is 1. The summed E-state index contributed by atoms with van der Waals surface area (Å²) in [6.45, 7) is 0. The van der Waals surface area contributed by atoms with Gasteiger partial charge >= 0.3 is 0 Å². The second-order valence-electron chi connectivity index (χ2n) is 9.20. The van der Waals surface area contributed by atoms with Crippen LogP contribution in [0, 0.1) is 0 Å². The fourth-order valence-electron chi connectivity index (χ4n) is 5.16. The second-order valence-corrected chi connectivity index (χ2v) is 10.3. The molecular weight excluding hydrogens is 466 g/mol. The molecule has 2 heterocycles. The van der Waals surface area contributed by atoms with Gasteiger partial charge in [0.2, 0.25) is 0 Å². The third kappa shape index (κ3) is 3.92. The lowest BCUT2D eigenvalue weighted by Crippen LogP contribution is -1.86. The SMILES string of the molecule is c1ccc(-c2ccnc(-c3cccc4c3sc3ccc(-c5ccccc5-c5ccccc5)cc34)c2)cc1. The van der Waals surface area contributed by atoms with Crippen LogP contribution in [-0.2, 0) is 0 Å². The van der Waals surface area contributed by atoms with Gasteiger partial charge in [-0.25, -0.2) is 0 Å². The average Bonchev–Trinajstić information content (AvgIpc) is 3.36. The maximum absolute atomic E-state index is 4.77. The van der Waals surface area contributed by atoms with Crippen LogP contribution in [0.2, 0.25) is 0 Å². The van der Waals surface area contributed by atoms with E-state index in [9.17, 15) is 0 Å². The van der Waals surface area contributed by atoms with Crippen LogP contribution in [0.1, 0.15) is 0 Å². The van der Waals surface area contributed by atoms with E-state index in [1.807, 2.05) is 17.5 Å². The fourth-order valence-corrected chi connectivity index (χ4v) is 6.37. The molecule has 7 aromatic rings. The van der Waals surface area contributed by atoms with E-state index in [1.54, 1.807) is 0 Å². The molecule has 0 atom stereocenters. The topological polar surface area (TPSA) is 12.9 Å². The fraction of sp³-hybridized carbons (Fsp3) is 0. The Balaban J connectivity index is 1.37. The molecule has 37 heavy (non-hydrogen) atoms. The van der Waals surface area contributed by atoms with Gasteiger partial charge in [0.25, 0.3) is 0 Å². The van der Waals surface area contributed by atoms with Crippen molar-refractivity contribution in [2.24, 2.45) is 0 Å². The summed E-state index contributed by atoms with van der Waals surface area (Å²) in [6.07, 6.45) is 1.92. The van der Waals surface area contributed by atoms with Crippen molar-refractivity contribution in [1.82, 2.24) is 4.98 Å². The van der Waals surface area contributed by atoms with Crippen molar-refractivity contribution < 1.29 is 0 Å². The number of thiophene rings is 1. The van der Waals surface area contributed by atoms with Crippen LogP contribution in [0.4, 0.5) is 0 Å². The molecule has 5 aromatic carbocycles. The van der Waals surface area contributed by atoms with Gasteiger partial charge < -0.3 is 0 Å². The minimum absolute atomic E-state index is 1.01. The Hall–Kier alpha value is -4.53. The van der Waals surface area contributed by atoms with Crippen LogP contribution < -0.4 is 0 Å². The van der Waals surface area contributed by atoms with Crippen LogP contribution in [0.5, 0.6) is 0 Å². The molecule has 0 fully saturated rings. The van der Waals surface area contributed by atoms with E-state index >= 15 is 0 Å². The summed E-state index contributed by atoms with van der Waals surface area (Å²) in [6, 6.07) is 47.6. The molecule has 0 saturated carbocycles. The van der Waals surface area contributed by atoms with Crippen molar-refractivity contribution in [3.05, 3.63) is 140 Å². The summed E-state index contributed by atoms with van der Waals surface area (Å²) >= 11 is 1.85. The van der Waals surface area contributed by atoms with Crippen LogP contribution in [-0.4, -0.2) is 4.98 Å². The Morgan fingerprint density at radius 2 is 1.11 bits per heavy atom. The van der Waals surface area contributed by atoms with Crippen LogP contribution in [0.25, 0.3) is 64.8 Å². The number of fused-ring (bicyclic) bond motifs is 3. The first-order chi connectivity index (χ1) is 18.3.